The van der Waals surface area contributed by atoms with Crippen LogP contribution in [0.3, 0.4) is 0 Å². The average molecular weight is 609 g/mol. The predicted octanol–water partition coefficient (Wildman–Crippen LogP) is 5.68. The Morgan fingerprint density at radius 1 is 0.864 bits per heavy atom. The molecular formula is C35H29ClN2O6. The lowest BCUT2D eigenvalue weighted by molar-refractivity contribution is -0.131. The zero-order chi connectivity index (χ0) is 31.1. The molecule has 4 amide bonds. The van der Waals surface area contributed by atoms with Crippen LogP contribution in [0.4, 0.5) is 11.4 Å². The van der Waals surface area contributed by atoms with Crippen molar-refractivity contribution in [1.82, 2.24) is 0 Å². The van der Waals surface area contributed by atoms with Gasteiger partial charge in [-0.3, -0.25) is 28.9 Å². The van der Waals surface area contributed by atoms with Gasteiger partial charge in [0.2, 0.25) is 23.6 Å². The van der Waals surface area contributed by atoms with Crippen LogP contribution in [0.2, 0.25) is 5.02 Å². The van der Waals surface area contributed by atoms with Gasteiger partial charge in [-0.15, -0.1) is 0 Å². The maximum atomic E-state index is 14.4. The number of phenolic OH excluding ortho intramolecular Hbond substituents is 1. The monoisotopic (exact) mass is 608 g/mol. The summed E-state index contributed by atoms with van der Waals surface area (Å²) < 4.78 is 0. The number of phenols is 1. The molecule has 6 atom stereocenters. The van der Waals surface area contributed by atoms with Crippen molar-refractivity contribution < 1.29 is 29.1 Å². The normalized spacial score (nSPS) is 29.3. The van der Waals surface area contributed by atoms with Gasteiger partial charge < -0.3 is 5.11 Å². The lowest BCUT2D eigenvalue weighted by Crippen LogP contribution is -2.49. The Labute approximate surface area is 258 Å². The maximum absolute atomic E-state index is 14.4. The highest BCUT2D eigenvalue weighted by molar-refractivity contribution is 6.32. The van der Waals surface area contributed by atoms with Gasteiger partial charge in [-0.05, 0) is 86.7 Å². The third-order valence-corrected chi connectivity index (χ3v) is 10.4. The minimum Gasteiger partial charge on any atom is -0.508 e. The first-order valence-corrected chi connectivity index (χ1v) is 15.0. The van der Waals surface area contributed by atoms with E-state index in [0.29, 0.717) is 28.9 Å². The summed E-state index contributed by atoms with van der Waals surface area (Å²) in [5.41, 5.74) is 1.50. The van der Waals surface area contributed by atoms with Crippen molar-refractivity contribution >= 4 is 52.4 Å². The maximum Gasteiger partial charge on any atom is 0.241 e. The number of nitrogens with zero attached hydrogens (tertiary/aromatic N) is 2. The minimum absolute atomic E-state index is 0.0340. The SMILES string of the molecule is CC(=O)c1ccc(N2C(=O)C3CC=C4C(CC5C(=O)N(c6ccccc6)C(=O)C5(C)C4c4ccc(O)cc4Cl)C3C2=O)cc1. The van der Waals surface area contributed by atoms with Crippen molar-refractivity contribution in [2.75, 3.05) is 9.80 Å². The summed E-state index contributed by atoms with van der Waals surface area (Å²) in [6.45, 7) is 3.24. The number of ketones is 1. The zero-order valence-electron chi connectivity index (χ0n) is 24.1. The largest absolute Gasteiger partial charge is 0.508 e. The molecule has 2 aliphatic heterocycles. The molecule has 222 valence electrons. The van der Waals surface area contributed by atoms with E-state index in [-0.39, 0.29) is 46.6 Å². The Kier molecular flexibility index (Phi) is 6.41. The van der Waals surface area contributed by atoms with E-state index in [0.717, 1.165) is 5.57 Å². The number of carbonyl (C=O) groups excluding carboxylic acids is 5. The quantitative estimate of drug-likeness (QED) is 0.232. The van der Waals surface area contributed by atoms with E-state index in [9.17, 15) is 29.1 Å². The van der Waals surface area contributed by atoms with E-state index < -0.39 is 35.0 Å². The molecule has 3 aromatic rings. The number of halogens is 1. The van der Waals surface area contributed by atoms with E-state index in [2.05, 4.69) is 0 Å². The molecule has 2 saturated heterocycles. The molecule has 0 spiro atoms. The van der Waals surface area contributed by atoms with Gasteiger partial charge in [-0.2, -0.15) is 0 Å². The fraction of sp³-hybridized carbons (Fsp3) is 0.286. The zero-order valence-corrected chi connectivity index (χ0v) is 24.8. The first-order valence-electron chi connectivity index (χ1n) is 14.6. The van der Waals surface area contributed by atoms with Crippen LogP contribution in [0.15, 0.2) is 84.4 Å². The summed E-state index contributed by atoms with van der Waals surface area (Å²) in [6, 6.07) is 19.8. The van der Waals surface area contributed by atoms with Crippen molar-refractivity contribution in [3.05, 3.63) is 101 Å². The third kappa shape index (κ3) is 3.86. The van der Waals surface area contributed by atoms with Gasteiger partial charge in [0.25, 0.3) is 0 Å². The lowest BCUT2D eigenvalue weighted by Gasteiger charge is -2.49. The van der Waals surface area contributed by atoms with Gasteiger partial charge in [0.15, 0.2) is 5.78 Å². The van der Waals surface area contributed by atoms with Crippen LogP contribution in [-0.2, 0) is 19.2 Å². The van der Waals surface area contributed by atoms with Crippen LogP contribution in [0, 0.1) is 29.1 Å². The van der Waals surface area contributed by atoms with Crippen molar-refractivity contribution in [1.29, 1.82) is 0 Å². The van der Waals surface area contributed by atoms with Crippen molar-refractivity contribution in [2.24, 2.45) is 29.1 Å². The summed E-state index contributed by atoms with van der Waals surface area (Å²) in [5, 5.41) is 10.4. The van der Waals surface area contributed by atoms with Crippen LogP contribution in [0.25, 0.3) is 0 Å². The summed E-state index contributed by atoms with van der Waals surface area (Å²) >= 11 is 6.73. The van der Waals surface area contributed by atoms with Gasteiger partial charge >= 0.3 is 0 Å². The molecule has 0 bridgehead atoms. The molecule has 0 radical (unpaired) electrons. The summed E-state index contributed by atoms with van der Waals surface area (Å²) in [4.78, 5) is 70.8. The predicted molar refractivity (Wildman–Crippen MR) is 163 cm³/mol. The highest BCUT2D eigenvalue weighted by atomic mass is 35.5. The minimum atomic E-state index is -1.23. The number of carbonyl (C=O) groups is 5. The van der Waals surface area contributed by atoms with E-state index in [1.54, 1.807) is 61.5 Å². The van der Waals surface area contributed by atoms with E-state index in [1.165, 1.54) is 28.9 Å². The molecule has 3 fully saturated rings. The Morgan fingerprint density at radius 3 is 2.20 bits per heavy atom. The molecule has 1 saturated carbocycles. The molecule has 8 nitrogen and oxygen atoms in total. The van der Waals surface area contributed by atoms with E-state index in [1.807, 2.05) is 12.1 Å². The molecule has 6 unspecified atom stereocenters. The first-order chi connectivity index (χ1) is 21.0. The van der Waals surface area contributed by atoms with Gasteiger partial charge in [-0.1, -0.05) is 47.5 Å². The second-order valence-corrected chi connectivity index (χ2v) is 12.7. The smallest absolute Gasteiger partial charge is 0.241 e. The van der Waals surface area contributed by atoms with E-state index in [4.69, 9.17) is 11.6 Å². The van der Waals surface area contributed by atoms with Gasteiger partial charge in [-0.25, -0.2) is 4.90 Å². The van der Waals surface area contributed by atoms with Crippen LogP contribution >= 0.6 is 11.6 Å². The van der Waals surface area contributed by atoms with Crippen LogP contribution < -0.4 is 9.80 Å². The second-order valence-electron chi connectivity index (χ2n) is 12.3. The number of hydrogen-bond donors (Lipinski definition) is 1. The fourth-order valence-corrected chi connectivity index (χ4v) is 8.32. The van der Waals surface area contributed by atoms with E-state index >= 15 is 0 Å². The van der Waals surface area contributed by atoms with Gasteiger partial charge in [0.1, 0.15) is 5.75 Å². The summed E-state index contributed by atoms with van der Waals surface area (Å²) in [7, 11) is 0. The molecule has 3 aromatic carbocycles. The number of para-hydroxylation sites is 1. The number of aromatic hydroxyl groups is 1. The van der Waals surface area contributed by atoms with Crippen LogP contribution in [-0.4, -0.2) is 34.5 Å². The molecule has 7 rings (SSSR count). The lowest BCUT2D eigenvalue weighted by atomic mass is 9.51. The molecule has 2 aliphatic carbocycles. The molecular weight excluding hydrogens is 580 g/mol. The molecule has 44 heavy (non-hydrogen) atoms. The number of fused-ring (bicyclic) bond motifs is 4. The fourth-order valence-electron chi connectivity index (χ4n) is 8.03. The second kappa shape index (κ2) is 9.99. The number of rotatable bonds is 4. The summed E-state index contributed by atoms with van der Waals surface area (Å²) in [6.07, 6.45) is 2.47. The Morgan fingerprint density at radius 2 is 1.55 bits per heavy atom. The molecule has 1 N–H and O–H groups in total. The summed E-state index contributed by atoms with van der Waals surface area (Å²) in [5.74, 6) is -4.83. The standard InChI is InChI=1S/C35H29ClN2O6/c1-18(39)19-8-10-21(11-9-19)37-31(41)25-15-14-23-26(29(25)33(37)43)17-27-32(42)38(20-6-4-3-5-7-20)34(44)35(27,2)30(23)24-13-12-22(40)16-28(24)36/h3-14,16,25-27,29-30,40H,15,17H2,1-2H3. The number of anilines is 2. The number of benzene rings is 3. The highest BCUT2D eigenvalue weighted by Gasteiger charge is 2.67. The van der Waals surface area contributed by atoms with Crippen molar-refractivity contribution in [3.8, 4) is 5.75 Å². The number of allylic oxidation sites excluding steroid dienone is 2. The Bertz CT molecular complexity index is 1800. The number of amides is 4. The molecule has 4 aliphatic rings. The highest BCUT2D eigenvalue weighted by Crippen LogP contribution is 2.64. The number of Topliss-reactive ketones (excluding diaryl/α,β-unsaturated/α-hetero) is 1. The van der Waals surface area contributed by atoms with Crippen molar-refractivity contribution in [2.45, 2.75) is 32.6 Å². The number of imide groups is 2. The van der Waals surface area contributed by atoms with Gasteiger partial charge in [0, 0.05) is 16.5 Å². The topological polar surface area (TPSA) is 112 Å². The first kappa shape index (κ1) is 28.2. The molecule has 0 aromatic heterocycles. The van der Waals surface area contributed by atoms with Gasteiger partial charge in [0.05, 0.1) is 34.5 Å². The molecule has 2 heterocycles. The van der Waals surface area contributed by atoms with Crippen molar-refractivity contribution in [3.63, 3.8) is 0 Å². The Hall–Kier alpha value is -4.56. The average Bonchev–Trinajstić information content (AvgIpc) is 3.37. The Balaban J connectivity index is 1.35. The van der Waals surface area contributed by atoms with Crippen LogP contribution in [0.1, 0.15) is 48.5 Å². The third-order valence-electron chi connectivity index (χ3n) is 10.1. The van der Waals surface area contributed by atoms with Crippen LogP contribution in [0.5, 0.6) is 5.75 Å². The molecule has 9 heteroatoms. The number of hydrogen-bond acceptors (Lipinski definition) is 6.